The number of aromatic nitrogens is 2. The van der Waals surface area contributed by atoms with Crippen molar-refractivity contribution in [2.24, 2.45) is 0 Å². The van der Waals surface area contributed by atoms with Gasteiger partial charge >= 0.3 is 0 Å². The van der Waals surface area contributed by atoms with Gasteiger partial charge in [0.15, 0.2) is 0 Å². The van der Waals surface area contributed by atoms with E-state index in [1.54, 1.807) is 11.8 Å². The number of carbonyl (C=O) groups is 1. The fourth-order valence-corrected chi connectivity index (χ4v) is 4.05. The van der Waals surface area contributed by atoms with E-state index in [9.17, 15) is 4.79 Å². The normalized spacial score (nSPS) is 13.2. The molecule has 0 aliphatic carbocycles. The molecule has 1 amide bonds. The first-order valence-electron chi connectivity index (χ1n) is 9.33. The maximum Gasteiger partial charge on any atom is 0.234 e. The number of nitrogens with one attached hydrogen (secondary N) is 1. The molecule has 0 fully saturated rings. The summed E-state index contributed by atoms with van der Waals surface area (Å²) in [5.74, 6) is 1.43. The molecule has 3 aromatic rings. The van der Waals surface area contributed by atoms with Crippen LogP contribution in [-0.2, 0) is 17.8 Å². The molecule has 1 aromatic heterocycles. The summed E-state index contributed by atoms with van der Waals surface area (Å²) in [6, 6.07) is 16.2. The number of nitrogens with zero attached hydrogens (tertiary/aromatic N) is 2. The monoisotopic (exact) mass is 377 g/mol. The van der Waals surface area contributed by atoms with Crippen molar-refractivity contribution in [2.45, 2.75) is 37.6 Å². The van der Waals surface area contributed by atoms with Gasteiger partial charge in [-0.1, -0.05) is 17.7 Å². The van der Waals surface area contributed by atoms with Gasteiger partial charge in [0.05, 0.1) is 5.75 Å². The van der Waals surface area contributed by atoms with Crippen molar-refractivity contribution in [2.75, 3.05) is 11.1 Å². The Morgan fingerprint density at radius 3 is 2.67 bits per heavy atom. The summed E-state index contributed by atoms with van der Waals surface area (Å²) in [5, 5.41) is 2.97. The number of thioether (sulfide) groups is 1. The first-order valence-corrected chi connectivity index (χ1v) is 10.3. The number of aryl methyl sites for hydroxylation is 2. The van der Waals surface area contributed by atoms with E-state index in [0.29, 0.717) is 5.75 Å². The Morgan fingerprint density at radius 2 is 1.89 bits per heavy atom. The van der Waals surface area contributed by atoms with Gasteiger partial charge in [-0.3, -0.25) is 4.79 Å². The number of amides is 1. The summed E-state index contributed by atoms with van der Waals surface area (Å²) in [6.07, 6.45) is 5.56. The van der Waals surface area contributed by atoms with Crippen molar-refractivity contribution < 1.29 is 4.79 Å². The van der Waals surface area contributed by atoms with Crippen molar-refractivity contribution in [3.63, 3.8) is 0 Å². The number of hydrogen-bond donors (Lipinski definition) is 1. The summed E-state index contributed by atoms with van der Waals surface area (Å²) in [6.45, 7) is 3.10. The zero-order chi connectivity index (χ0) is 18.6. The average molecular weight is 378 g/mol. The molecule has 0 atom stereocenters. The smallest absolute Gasteiger partial charge is 0.234 e. The second-order valence-corrected chi connectivity index (χ2v) is 7.96. The molecule has 0 radical (unpaired) electrons. The molecule has 4 rings (SSSR count). The van der Waals surface area contributed by atoms with E-state index >= 15 is 0 Å². The fraction of sp³-hybridized carbons (Fsp3) is 0.273. The lowest BCUT2D eigenvalue weighted by atomic mass is 10.1. The van der Waals surface area contributed by atoms with Crippen molar-refractivity contribution in [3.05, 3.63) is 66.0 Å². The molecule has 1 aliphatic rings. The highest BCUT2D eigenvalue weighted by molar-refractivity contribution is 8.00. The minimum atomic E-state index is 0.00603. The third kappa shape index (κ3) is 4.25. The Bertz CT molecular complexity index is 929. The molecular formula is C22H23N3OS. The van der Waals surface area contributed by atoms with Crippen molar-refractivity contribution in [1.82, 2.24) is 9.55 Å². The van der Waals surface area contributed by atoms with Crippen molar-refractivity contribution in [3.8, 4) is 11.4 Å². The molecule has 5 heteroatoms. The lowest BCUT2D eigenvalue weighted by molar-refractivity contribution is -0.113. The first kappa shape index (κ1) is 17.9. The van der Waals surface area contributed by atoms with Crippen LogP contribution in [0.2, 0.25) is 0 Å². The molecule has 0 spiro atoms. The highest BCUT2D eigenvalue weighted by Gasteiger charge is 2.15. The number of rotatable bonds is 5. The summed E-state index contributed by atoms with van der Waals surface area (Å²) >= 11 is 1.55. The van der Waals surface area contributed by atoms with Crippen LogP contribution in [0.5, 0.6) is 0 Å². The Kier molecular flexibility index (Phi) is 5.30. The molecular weight excluding hydrogens is 354 g/mol. The van der Waals surface area contributed by atoms with Crippen molar-refractivity contribution in [1.29, 1.82) is 0 Å². The summed E-state index contributed by atoms with van der Waals surface area (Å²) in [7, 11) is 0. The minimum absolute atomic E-state index is 0.00603. The van der Waals surface area contributed by atoms with Crippen LogP contribution in [0.15, 0.2) is 59.6 Å². The van der Waals surface area contributed by atoms with Crippen molar-refractivity contribution >= 4 is 23.4 Å². The standard InChI is InChI=1S/C22H23N3OS/c1-16-5-11-20(12-6-16)27-15-21(26)24-18-9-7-17(8-10-18)22-23-14-19-4-2-3-13-25(19)22/h5-12,14H,2-4,13,15H2,1H3,(H,24,26). The van der Waals surface area contributed by atoms with Crippen LogP contribution >= 0.6 is 11.8 Å². The number of fused-ring (bicyclic) bond motifs is 1. The van der Waals surface area contributed by atoms with Gasteiger partial charge in [-0.2, -0.15) is 0 Å². The Balaban J connectivity index is 1.37. The van der Waals surface area contributed by atoms with Crippen LogP contribution in [0.4, 0.5) is 5.69 Å². The Labute approximate surface area is 164 Å². The van der Waals surface area contributed by atoms with E-state index in [-0.39, 0.29) is 5.91 Å². The van der Waals surface area contributed by atoms with E-state index in [2.05, 4.69) is 33.9 Å². The second-order valence-electron chi connectivity index (χ2n) is 6.91. The van der Waals surface area contributed by atoms with E-state index < -0.39 is 0 Å². The van der Waals surface area contributed by atoms with Gasteiger partial charge in [0.1, 0.15) is 5.82 Å². The fourth-order valence-electron chi connectivity index (χ4n) is 3.35. The predicted octanol–water partition coefficient (Wildman–Crippen LogP) is 4.93. The molecule has 1 N–H and O–H groups in total. The lowest BCUT2D eigenvalue weighted by Gasteiger charge is -2.16. The third-order valence-electron chi connectivity index (χ3n) is 4.82. The van der Waals surface area contributed by atoms with Gasteiger partial charge < -0.3 is 9.88 Å². The predicted molar refractivity (Wildman–Crippen MR) is 111 cm³/mol. The van der Waals surface area contributed by atoms with Gasteiger partial charge in [-0.05, 0) is 62.6 Å². The van der Waals surface area contributed by atoms with E-state index in [1.165, 1.54) is 24.1 Å². The molecule has 27 heavy (non-hydrogen) atoms. The first-order chi connectivity index (χ1) is 13.2. The number of benzene rings is 2. The molecule has 1 aliphatic heterocycles. The molecule has 0 saturated heterocycles. The van der Waals surface area contributed by atoms with Crippen LogP contribution in [0.25, 0.3) is 11.4 Å². The lowest BCUT2D eigenvalue weighted by Crippen LogP contribution is -2.14. The molecule has 4 nitrogen and oxygen atoms in total. The molecule has 2 aromatic carbocycles. The maximum atomic E-state index is 12.2. The SMILES string of the molecule is Cc1ccc(SCC(=O)Nc2ccc(-c3ncc4n3CCCC4)cc2)cc1. The summed E-state index contributed by atoms with van der Waals surface area (Å²) in [4.78, 5) is 17.9. The van der Waals surface area contributed by atoms with Crippen LogP contribution in [0, 0.1) is 6.92 Å². The molecule has 138 valence electrons. The Hall–Kier alpha value is -2.53. The number of carbonyl (C=O) groups excluding carboxylic acids is 1. The number of hydrogen-bond acceptors (Lipinski definition) is 3. The zero-order valence-electron chi connectivity index (χ0n) is 15.4. The minimum Gasteiger partial charge on any atom is -0.328 e. The van der Waals surface area contributed by atoms with Gasteiger partial charge in [0.25, 0.3) is 0 Å². The molecule has 0 saturated carbocycles. The van der Waals surface area contributed by atoms with Crippen LogP contribution in [0.3, 0.4) is 0 Å². The van der Waals surface area contributed by atoms with Gasteiger partial charge in [-0.25, -0.2) is 4.98 Å². The molecule has 2 heterocycles. The van der Waals surface area contributed by atoms with Crippen LogP contribution in [0.1, 0.15) is 24.1 Å². The largest absolute Gasteiger partial charge is 0.328 e. The molecule has 0 unspecified atom stereocenters. The van der Waals surface area contributed by atoms with E-state index in [0.717, 1.165) is 34.9 Å². The van der Waals surface area contributed by atoms with E-state index in [4.69, 9.17) is 0 Å². The highest BCUT2D eigenvalue weighted by atomic mass is 32.2. The zero-order valence-corrected chi connectivity index (χ0v) is 16.3. The number of anilines is 1. The average Bonchev–Trinajstić information content (AvgIpc) is 3.12. The van der Waals surface area contributed by atoms with Crippen LogP contribution < -0.4 is 5.32 Å². The van der Waals surface area contributed by atoms with Crippen LogP contribution in [-0.4, -0.2) is 21.2 Å². The third-order valence-corrected chi connectivity index (χ3v) is 5.83. The summed E-state index contributed by atoms with van der Waals surface area (Å²) < 4.78 is 2.31. The second kappa shape index (κ2) is 8.01. The topological polar surface area (TPSA) is 46.9 Å². The van der Waals surface area contributed by atoms with Gasteiger partial charge in [-0.15, -0.1) is 11.8 Å². The number of imidazole rings is 1. The molecule has 0 bridgehead atoms. The van der Waals surface area contributed by atoms with Gasteiger partial charge in [0.2, 0.25) is 5.91 Å². The van der Waals surface area contributed by atoms with Gasteiger partial charge in [0, 0.05) is 34.6 Å². The van der Waals surface area contributed by atoms with E-state index in [1.807, 2.05) is 42.6 Å². The Morgan fingerprint density at radius 1 is 1.11 bits per heavy atom. The quantitative estimate of drug-likeness (QED) is 0.642. The highest BCUT2D eigenvalue weighted by Crippen LogP contribution is 2.26. The maximum absolute atomic E-state index is 12.2. The summed E-state index contributed by atoms with van der Waals surface area (Å²) in [5.41, 5.74) is 4.46.